The van der Waals surface area contributed by atoms with E-state index in [0.29, 0.717) is 32.7 Å². The van der Waals surface area contributed by atoms with Crippen LogP contribution in [0.5, 0.6) is 0 Å². The van der Waals surface area contributed by atoms with Crippen molar-refractivity contribution in [2.45, 2.75) is 26.2 Å². The Labute approximate surface area is 111 Å². The summed E-state index contributed by atoms with van der Waals surface area (Å²) >= 11 is 0. The first-order valence-corrected chi connectivity index (χ1v) is 6.65. The van der Waals surface area contributed by atoms with Gasteiger partial charge in [-0.05, 0) is 18.9 Å². The SMILES string of the molecule is CCC(CN)CC(=O)N(CCCOC)CCOC. The molecule has 5 heteroatoms. The first-order chi connectivity index (χ1) is 8.69. The monoisotopic (exact) mass is 260 g/mol. The molecule has 18 heavy (non-hydrogen) atoms. The minimum atomic E-state index is 0.167. The summed E-state index contributed by atoms with van der Waals surface area (Å²) < 4.78 is 10.0. The predicted molar refractivity (Wildman–Crippen MR) is 72.4 cm³/mol. The van der Waals surface area contributed by atoms with E-state index in [1.165, 1.54) is 0 Å². The predicted octanol–water partition coefficient (Wildman–Crippen LogP) is 0.873. The van der Waals surface area contributed by atoms with Gasteiger partial charge in [0, 0.05) is 40.3 Å². The van der Waals surface area contributed by atoms with Crippen LogP contribution < -0.4 is 5.73 Å². The van der Waals surface area contributed by atoms with Crippen molar-refractivity contribution in [3.63, 3.8) is 0 Å². The topological polar surface area (TPSA) is 64.8 Å². The molecule has 2 N–H and O–H groups in total. The maximum Gasteiger partial charge on any atom is 0.222 e. The Bertz CT molecular complexity index is 208. The molecule has 0 spiro atoms. The number of rotatable bonds is 11. The van der Waals surface area contributed by atoms with E-state index in [1.807, 2.05) is 4.90 Å². The van der Waals surface area contributed by atoms with Gasteiger partial charge >= 0.3 is 0 Å². The molecule has 0 saturated heterocycles. The second kappa shape index (κ2) is 11.4. The van der Waals surface area contributed by atoms with Crippen LogP contribution in [0.1, 0.15) is 26.2 Å². The fraction of sp³-hybridized carbons (Fsp3) is 0.923. The largest absolute Gasteiger partial charge is 0.385 e. The molecule has 0 aliphatic rings. The van der Waals surface area contributed by atoms with Crippen LogP contribution in [0.3, 0.4) is 0 Å². The molecule has 0 bridgehead atoms. The fourth-order valence-electron chi connectivity index (χ4n) is 1.73. The van der Waals surface area contributed by atoms with Gasteiger partial charge in [-0.25, -0.2) is 0 Å². The van der Waals surface area contributed by atoms with Crippen LogP contribution in [0.25, 0.3) is 0 Å². The summed E-state index contributed by atoms with van der Waals surface area (Å²) in [4.78, 5) is 14.0. The molecule has 0 aliphatic carbocycles. The third kappa shape index (κ3) is 7.63. The molecule has 1 amide bonds. The molecule has 5 nitrogen and oxygen atoms in total. The lowest BCUT2D eigenvalue weighted by atomic mass is 10.0. The number of ether oxygens (including phenoxy) is 2. The standard InChI is InChI=1S/C13H28N2O3/c1-4-12(11-14)10-13(16)15(7-9-18-3)6-5-8-17-2/h12H,4-11,14H2,1-3H3. The van der Waals surface area contributed by atoms with E-state index in [-0.39, 0.29) is 11.8 Å². The van der Waals surface area contributed by atoms with E-state index in [0.717, 1.165) is 19.4 Å². The summed E-state index contributed by atoms with van der Waals surface area (Å²) in [5.41, 5.74) is 5.64. The highest BCUT2D eigenvalue weighted by Crippen LogP contribution is 2.09. The molecule has 0 saturated carbocycles. The Morgan fingerprint density at radius 2 is 1.89 bits per heavy atom. The van der Waals surface area contributed by atoms with Crippen molar-refractivity contribution in [2.24, 2.45) is 11.7 Å². The summed E-state index contributed by atoms with van der Waals surface area (Å²) in [5, 5.41) is 0. The zero-order chi connectivity index (χ0) is 13.8. The molecule has 108 valence electrons. The Morgan fingerprint density at radius 3 is 2.39 bits per heavy atom. The van der Waals surface area contributed by atoms with Crippen LogP contribution in [0, 0.1) is 5.92 Å². The second-order valence-electron chi connectivity index (χ2n) is 4.43. The van der Waals surface area contributed by atoms with E-state index >= 15 is 0 Å². The van der Waals surface area contributed by atoms with Gasteiger partial charge in [0.05, 0.1) is 6.61 Å². The Kier molecular flexibility index (Phi) is 11.0. The number of carbonyl (C=O) groups excluding carboxylic acids is 1. The van der Waals surface area contributed by atoms with Gasteiger partial charge in [0.1, 0.15) is 0 Å². The molecule has 0 aromatic carbocycles. The third-order valence-electron chi connectivity index (χ3n) is 3.07. The smallest absolute Gasteiger partial charge is 0.222 e. The van der Waals surface area contributed by atoms with Crippen molar-refractivity contribution in [1.82, 2.24) is 4.90 Å². The Hall–Kier alpha value is -0.650. The highest BCUT2D eigenvalue weighted by Gasteiger charge is 2.17. The van der Waals surface area contributed by atoms with E-state index in [1.54, 1.807) is 14.2 Å². The van der Waals surface area contributed by atoms with Gasteiger partial charge in [0.25, 0.3) is 0 Å². The van der Waals surface area contributed by atoms with Crippen molar-refractivity contribution in [3.8, 4) is 0 Å². The molecule has 1 unspecified atom stereocenters. The van der Waals surface area contributed by atoms with E-state index in [4.69, 9.17) is 15.2 Å². The van der Waals surface area contributed by atoms with Gasteiger partial charge in [0.2, 0.25) is 5.91 Å². The Morgan fingerprint density at radius 1 is 1.22 bits per heavy atom. The summed E-state index contributed by atoms with van der Waals surface area (Å²) in [6, 6.07) is 0. The van der Waals surface area contributed by atoms with Gasteiger partial charge in [0.15, 0.2) is 0 Å². The molecule has 0 aliphatic heterocycles. The molecular formula is C13H28N2O3. The number of nitrogens with zero attached hydrogens (tertiary/aromatic N) is 1. The average molecular weight is 260 g/mol. The Balaban J connectivity index is 4.19. The molecule has 0 radical (unpaired) electrons. The maximum atomic E-state index is 12.1. The number of nitrogens with two attached hydrogens (primary N) is 1. The molecule has 0 aromatic rings. The van der Waals surface area contributed by atoms with Crippen LogP contribution >= 0.6 is 0 Å². The third-order valence-corrected chi connectivity index (χ3v) is 3.07. The van der Waals surface area contributed by atoms with Crippen molar-refractivity contribution < 1.29 is 14.3 Å². The zero-order valence-corrected chi connectivity index (χ0v) is 12.0. The molecule has 0 rings (SSSR count). The van der Waals surface area contributed by atoms with Crippen molar-refractivity contribution in [3.05, 3.63) is 0 Å². The molecule has 0 fully saturated rings. The van der Waals surface area contributed by atoms with Gasteiger partial charge in [-0.2, -0.15) is 0 Å². The van der Waals surface area contributed by atoms with E-state index < -0.39 is 0 Å². The van der Waals surface area contributed by atoms with Crippen LogP contribution in [0.4, 0.5) is 0 Å². The minimum absolute atomic E-state index is 0.167. The number of hydrogen-bond acceptors (Lipinski definition) is 4. The van der Waals surface area contributed by atoms with Crippen LogP contribution in [-0.2, 0) is 14.3 Å². The number of hydrogen-bond donors (Lipinski definition) is 1. The second-order valence-corrected chi connectivity index (χ2v) is 4.43. The summed E-state index contributed by atoms with van der Waals surface area (Å²) in [5.74, 6) is 0.449. The number of methoxy groups -OCH3 is 2. The molecular weight excluding hydrogens is 232 g/mol. The van der Waals surface area contributed by atoms with Crippen LogP contribution in [0.15, 0.2) is 0 Å². The summed E-state index contributed by atoms with van der Waals surface area (Å²) in [7, 11) is 3.31. The lowest BCUT2D eigenvalue weighted by Crippen LogP contribution is -2.37. The quantitative estimate of drug-likeness (QED) is 0.560. The molecule has 0 aromatic heterocycles. The number of carbonyl (C=O) groups is 1. The van der Waals surface area contributed by atoms with Crippen molar-refractivity contribution >= 4 is 5.91 Å². The normalized spacial score (nSPS) is 12.4. The first-order valence-electron chi connectivity index (χ1n) is 6.65. The van der Waals surface area contributed by atoms with Crippen molar-refractivity contribution in [1.29, 1.82) is 0 Å². The zero-order valence-electron chi connectivity index (χ0n) is 12.0. The van der Waals surface area contributed by atoms with E-state index in [2.05, 4.69) is 6.92 Å². The average Bonchev–Trinajstić information content (AvgIpc) is 2.39. The van der Waals surface area contributed by atoms with Crippen molar-refractivity contribution in [2.75, 3.05) is 47.1 Å². The minimum Gasteiger partial charge on any atom is -0.385 e. The highest BCUT2D eigenvalue weighted by atomic mass is 16.5. The fourth-order valence-corrected chi connectivity index (χ4v) is 1.73. The summed E-state index contributed by atoms with van der Waals surface area (Å²) in [6.07, 6.45) is 2.33. The maximum absolute atomic E-state index is 12.1. The van der Waals surface area contributed by atoms with Gasteiger partial charge in [-0.1, -0.05) is 13.3 Å². The van der Waals surface area contributed by atoms with Gasteiger partial charge < -0.3 is 20.1 Å². The molecule has 0 heterocycles. The van der Waals surface area contributed by atoms with Crippen LogP contribution in [-0.4, -0.2) is 57.9 Å². The van der Waals surface area contributed by atoms with Crippen LogP contribution in [0.2, 0.25) is 0 Å². The lowest BCUT2D eigenvalue weighted by molar-refractivity contribution is -0.133. The summed E-state index contributed by atoms with van der Waals surface area (Å²) in [6.45, 7) is 5.23. The van der Waals surface area contributed by atoms with Gasteiger partial charge in [-0.15, -0.1) is 0 Å². The molecule has 1 atom stereocenters. The number of amides is 1. The lowest BCUT2D eigenvalue weighted by Gasteiger charge is -2.24. The van der Waals surface area contributed by atoms with Gasteiger partial charge in [-0.3, -0.25) is 4.79 Å². The first kappa shape index (κ1) is 17.4. The highest BCUT2D eigenvalue weighted by molar-refractivity contribution is 5.76. The van der Waals surface area contributed by atoms with E-state index in [9.17, 15) is 4.79 Å².